The molecular formula is C24H26Cl2N4O5S. The molecular weight excluding hydrogens is 527 g/mol. The number of nitrogens with two attached hydrogens (primary N) is 1. The summed E-state index contributed by atoms with van der Waals surface area (Å²) in [7, 11) is -2.95. The van der Waals surface area contributed by atoms with Crippen molar-refractivity contribution in [3.63, 3.8) is 0 Å². The van der Waals surface area contributed by atoms with Crippen LogP contribution in [0.3, 0.4) is 0 Å². The van der Waals surface area contributed by atoms with E-state index in [9.17, 15) is 18.0 Å². The topological polar surface area (TPSA) is 113 Å². The standard InChI is InChI=1S/C24H26Cl2N4O5S/c1-14(2)28-13-22-29(36(33,34)21-11-17(26)8-9-20(21)35-3)12-18(27)23(31)30(22)19(24(28)32)10-15-4-6-16(25)7-5-15/h4-9,11,13-14,18-19H,10,12,27H2,1-3H3. The number of carbonyl (C=O) groups excluding carboxylic acids is 2. The monoisotopic (exact) mass is 552 g/mol. The minimum absolute atomic E-state index is 0.0380. The Labute approximate surface area is 220 Å². The van der Waals surface area contributed by atoms with Crippen LogP contribution in [0.5, 0.6) is 5.75 Å². The van der Waals surface area contributed by atoms with Crippen molar-refractivity contribution in [2.24, 2.45) is 5.73 Å². The first-order valence-corrected chi connectivity index (χ1v) is 13.4. The van der Waals surface area contributed by atoms with Crippen LogP contribution in [-0.4, -0.2) is 66.1 Å². The Morgan fingerprint density at radius 3 is 2.31 bits per heavy atom. The maximum absolute atomic E-state index is 13.9. The van der Waals surface area contributed by atoms with E-state index >= 15 is 0 Å². The number of amides is 2. The number of rotatable bonds is 6. The Hall–Kier alpha value is -2.79. The van der Waals surface area contributed by atoms with E-state index in [-0.39, 0.29) is 46.4 Å². The van der Waals surface area contributed by atoms with Gasteiger partial charge in [0.25, 0.3) is 10.0 Å². The lowest BCUT2D eigenvalue weighted by atomic mass is 9.99. The van der Waals surface area contributed by atoms with Crippen LogP contribution in [0.25, 0.3) is 0 Å². The second-order valence-corrected chi connectivity index (χ2v) is 11.5. The quantitative estimate of drug-likeness (QED) is 0.589. The van der Waals surface area contributed by atoms with Crippen molar-refractivity contribution in [2.45, 2.75) is 43.3 Å². The molecule has 2 heterocycles. The van der Waals surface area contributed by atoms with Gasteiger partial charge in [-0.25, -0.2) is 12.7 Å². The predicted octanol–water partition coefficient (Wildman–Crippen LogP) is 2.82. The summed E-state index contributed by atoms with van der Waals surface area (Å²) in [5, 5.41) is 0.725. The number of fused-ring (bicyclic) bond motifs is 1. The average molecular weight is 553 g/mol. The van der Waals surface area contributed by atoms with E-state index in [2.05, 4.69) is 0 Å². The summed E-state index contributed by atoms with van der Waals surface area (Å²) in [5.74, 6) is -0.761. The van der Waals surface area contributed by atoms with Crippen LogP contribution in [-0.2, 0) is 26.0 Å². The number of carbonyl (C=O) groups is 2. The van der Waals surface area contributed by atoms with E-state index in [0.29, 0.717) is 5.02 Å². The molecule has 2 amide bonds. The number of ether oxygens (including phenoxy) is 1. The maximum atomic E-state index is 13.9. The molecule has 2 aromatic carbocycles. The number of sulfonamides is 1. The van der Waals surface area contributed by atoms with Gasteiger partial charge in [0.15, 0.2) is 0 Å². The van der Waals surface area contributed by atoms with E-state index in [4.69, 9.17) is 33.7 Å². The molecule has 0 aromatic heterocycles. The Kier molecular flexibility index (Phi) is 7.25. The number of halogens is 2. The predicted molar refractivity (Wildman–Crippen MR) is 136 cm³/mol. The first kappa shape index (κ1) is 26.3. The van der Waals surface area contributed by atoms with Crippen molar-refractivity contribution < 1.29 is 22.7 Å². The van der Waals surface area contributed by atoms with Gasteiger partial charge >= 0.3 is 0 Å². The van der Waals surface area contributed by atoms with Crippen LogP contribution in [0, 0.1) is 0 Å². The fraction of sp³-hybridized carbons (Fsp3) is 0.333. The fourth-order valence-corrected chi connectivity index (χ4v) is 6.31. The normalized spacial score (nSPS) is 20.5. The molecule has 36 heavy (non-hydrogen) atoms. The average Bonchev–Trinajstić information content (AvgIpc) is 2.83. The van der Waals surface area contributed by atoms with Gasteiger partial charge < -0.3 is 15.4 Å². The highest BCUT2D eigenvalue weighted by Crippen LogP contribution is 2.37. The second kappa shape index (κ2) is 9.93. The molecule has 0 radical (unpaired) electrons. The third-order valence-corrected chi connectivity index (χ3v) is 8.40. The number of nitrogens with zero attached hydrogens (tertiary/aromatic N) is 3. The minimum Gasteiger partial charge on any atom is -0.495 e. The molecule has 12 heteroatoms. The summed E-state index contributed by atoms with van der Waals surface area (Å²) in [6.45, 7) is 3.30. The van der Waals surface area contributed by atoms with Crippen LogP contribution < -0.4 is 10.5 Å². The fourth-order valence-electron chi connectivity index (χ4n) is 4.29. The van der Waals surface area contributed by atoms with Gasteiger partial charge in [-0.2, -0.15) is 0 Å². The largest absolute Gasteiger partial charge is 0.495 e. The van der Waals surface area contributed by atoms with Crippen LogP contribution in [0.2, 0.25) is 10.0 Å². The summed E-state index contributed by atoms with van der Waals surface area (Å²) in [6, 6.07) is 8.64. The van der Waals surface area contributed by atoms with Gasteiger partial charge in [0.1, 0.15) is 28.5 Å². The van der Waals surface area contributed by atoms with Gasteiger partial charge in [0.2, 0.25) is 11.8 Å². The highest BCUT2D eigenvalue weighted by molar-refractivity contribution is 7.89. The molecule has 1 fully saturated rings. The van der Waals surface area contributed by atoms with E-state index in [1.165, 1.54) is 41.3 Å². The summed E-state index contributed by atoms with van der Waals surface area (Å²) >= 11 is 12.1. The van der Waals surface area contributed by atoms with Crippen molar-refractivity contribution in [1.82, 2.24) is 14.1 Å². The highest BCUT2D eigenvalue weighted by atomic mass is 35.5. The smallest absolute Gasteiger partial charge is 0.269 e. The molecule has 2 atom stereocenters. The molecule has 0 spiro atoms. The molecule has 4 rings (SSSR count). The minimum atomic E-state index is -4.30. The maximum Gasteiger partial charge on any atom is 0.269 e. The zero-order valence-corrected chi connectivity index (χ0v) is 22.2. The van der Waals surface area contributed by atoms with E-state index in [0.717, 1.165) is 9.87 Å². The van der Waals surface area contributed by atoms with Gasteiger partial charge in [-0.3, -0.25) is 14.5 Å². The Balaban J connectivity index is 1.86. The van der Waals surface area contributed by atoms with Crippen molar-refractivity contribution in [2.75, 3.05) is 13.7 Å². The molecule has 1 saturated heterocycles. The van der Waals surface area contributed by atoms with Crippen LogP contribution >= 0.6 is 23.2 Å². The van der Waals surface area contributed by atoms with Crippen molar-refractivity contribution in [3.8, 4) is 5.75 Å². The molecule has 0 aliphatic carbocycles. The van der Waals surface area contributed by atoms with Crippen LogP contribution in [0.1, 0.15) is 19.4 Å². The number of hydrogen-bond donors (Lipinski definition) is 1. The first-order valence-electron chi connectivity index (χ1n) is 11.2. The summed E-state index contributed by atoms with van der Waals surface area (Å²) in [4.78, 5) is 29.3. The lowest BCUT2D eigenvalue weighted by Gasteiger charge is -2.48. The number of hydrogen-bond acceptors (Lipinski definition) is 6. The molecule has 2 aliphatic rings. The molecule has 2 unspecified atom stereocenters. The Morgan fingerprint density at radius 1 is 1.06 bits per heavy atom. The number of benzene rings is 2. The second-order valence-electron chi connectivity index (χ2n) is 8.82. The summed E-state index contributed by atoms with van der Waals surface area (Å²) in [5.41, 5.74) is 6.89. The molecule has 2 aromatic rings. The van der Waals surface area contributed by atoms with Crippen LogP contribution in [0.4, 0.5) is 0 Å². The van der Waals surface area contributed by atoms with Crippen molar-refractivity contribution in [3.05, 3.63) is 70.1 Å². The number of methoxy groups -OCH3 is 1. The molecule has 2 aliphatic heterocycles. The Morgan fingerprint density at radius 2 is 1.69 bits per heavy atom. The van der Waals surface area contributed by atoms with E-state index in [1.807, 2.05) is 0 Å². The molecule has 0 bridgehead atoms. The van der Waals surface area contributed by atoms with Crippen molar-refractivity contribution in [1.29, 1.82) is 0 Å². The third-order valence-electron chi connectivity index (χ3n) is 6.12. The van der Waals surface area contributed by atoms with Crippen molar-refractivity contribution >= 4 is 45.0 Å². The Bertz CT molecular complexity index is 1330. The van der Waals surface area contributed by atoms with E-state index in [1.54, 1.807) is 38.1 Å². The lowest BCUT2D eigenvalue weighted by Crippen LogP contribution is -2.66. The van der Waals surface area contributed by atoms with Crippen LogP contribution in [0.15, 0.2) is 59.4 Å². The molecule has 0 saturated carbocycles. The molecule has 192 valence electrons. The zero-order chi connectivity index (χ0) is 26.4. The molecule has 9 nitrogen and oxygen atoms in total. The lowest BCUT2D eigenvalue weighted by molar-refractivity contribution is -0.149. The summed E-state index contributed by atoms with van der Waals surface area (Å²) in [6.07, 6.45) is 1.53. The van der Waals surface area contributed by atoms with Gasteiger partial charge in [-0.15, -0.1) is 0 Å². The highest BCUT2D eigenvalue weighted by Gasteiger charge is 2.49. The van der Waals surface area contributed by atoms with Gasteiger partial charge in [-0.1, -0.05) is 35.3 Å². The summed E-state index contributed by atoms with van der Waals surface area (Å²) < 4.78 is 34.2. The third kappa shape index (κ3) is 4.66. The van der Waals surface area contributed by atoms with E-state index < -0.39 is 28.0 Å². The SMILES string of the molecule is COc1ccc(Cl)cc1S(=O)(=O)N1CC(N)C(=O)N2C1=CN(C(C)C)C(=O)C2Cc1ccc(Cl)cc1. The molecule has 2 N–H and O–H groups in total. The van der Waals surface area contributed by atoms with Gasteiger partial charge in [-0.05, 0) is 49.7 Å². The zero-order valence-electron chi connectivity index (χ0n) is 19.9. The van der Waals surface area contributed by atoms with Gasteiger partial charge in [0.05, 0.1) is 13.7 Å². The first-order chi connectivity index (χ1) is 16.9. The van der Waals surface area contributed by atoms with Gasteiger partial charge in [0, 0.05) is 28.7 Å².